The third-order valence-corrected chi connectivity index (χ3v) is 4.10. The molecule has 0 aliphatic carbocycles. The van der Waals surface area contributed by atoms with Crippen LogP contribution in [0.25, 0.3) is 0 Å². The Hall–Kier alpha value is -1.19. The SMILES string of the molecule is COc1ccc(Cl)c(NCc2ccc(Br)c(C)c2)c1. The minimum Gasteiger partial charge on any atom is -0.497 e. The maximum absolute atomic E-state index is 6.15. The van der Waals surface area contributed by atoms with Crippen LogP contribution in [0.2, 0.25) is 5.02 Å². The first kappa shape index (κ1) is 14.2. The molecule has 0 unspecified atom stereocenters. The van der Waals surface area contributed by atoms with E-state index < -0.39 is 0 Å². The van der Waals surface area contributed by atoms with Crippen molar-refractivity contribution >= 4 is 33.2 Å². The van der Waals surface area contributed by atoms with E-state index in [0.717, 1.165) is 22.5 Å². The van der Waals surface area contributed by atoms with Crippen molar-refractivity contribution in [3.8, 4) is 5.75 Å². The van der Waals surface area contributed by atoms with Crippen LogP contribution < -0.4 is 10.1 Å². The van der Waals surface area contributed by atoms with Gasteiger partial charge in [0, 0.05) is 17.1 Å². The zero-order valence-corrected chi connectivity index (χ0v) is 13.2. The fraction of sp³-hybridized carbons (Fsp3) is 0.200. The zero-order chi connectivity index (χ0) is 13.8. The topological polar surface area (TPSA) is 21.3 Å². The second-order valence-corrected chi connectivity index (χ2v) is 5.54. The highest BCUT2D eigenvalue weighted by Gasteiger charge is 2.03. The number of hydrogen-bond acceptors (Lipinski definition) is 2. The first-order chi connectivity index (χ1) is 9.10. The van der Waals surface area contributed by atoms with E-state index >= 15 is 0 Å². The largest absolute Gasteiger partial charge is 0.497 e. The fourth-order valence-electron chi connectivity index (χ4n) is 1.78. The standard InChI is InChI=1S/C15H15BrClNO/c1-10-7-11(3-5-13(10)16)9-18-15-8-12(19-2)4-6-14(15)17/h3-8,18H,9H2,1-2H3. The van der Waals surface area contributed by atoms with Gasteiger partial charge in [0.05, 0.1) is 17.8 Å². The Morgan fingerprint density at radius 3 is 2.68 bits per heavy atom. The molecule has 0 spiro atoms. The summed E-state index contributed by atoms with van der Waals surface area (Å²) in [5, 5.41) is 4.01. The van der Waals surface area contributed by atoms with Gasteiger partial charge in [-0.05, 0) is 36.2 Å². The van der Waals surface area contributed by atoms with Gasteiger partial charge >= 0.3 is 0 Å². The van der Waals surface area contributed by atoms with Crippen molar-refractivity contribution in [2.75, 3.05) is 12.4 Å². The van der Waals surface area contributed by atoms with Crippen molar-refractivity contribution in [1.29, 1.82) is 0 Å². The summed E-state index contributed by atoms with van der Waals surface area (Å²) in [6, 6.07) is 11.9. The lowest BCUT2D eigenvalue weighted by atomic mass is 10.1. The van der Waals surface area contributed by atoms with Gasteiger partial charge in [0.2, 0.25) is 0 Å². The van der Waals surface area contributed by atoms with E-state index in [-0.39, 0.29) is 0 Å². The van der Waals surface area contributed by atoms with E-state index in [1.54, 1.807) is 7.11 Å². The first-order valence-electron chi connectivity index (χ1n) is 5.92. The summed E-state index contributed by atoms with van der Waals surface area (Å²) in [6.45, 7) is 2.80. The zero-order valence-electron chi connectivity index (χ0n) is 10.8. The molecule has 0 saturated heterocycles. The van der Waals surface area contributed by atoms with Crippen molar-refractivity contribution in [3.05, 3.63) is 57.0 Å². The number of methoxy groups -OCH3 is 1. The summed E-state index contributed by atoms with van der Waals surface area (Å²) < 4.78 is 6.31. The highest BCUT2D eigenvalue weighted by Crippen LogP contribution is 2.27. The van der Waals surface area contributed by atoms with Crippen LogP contribution in [-0.2, 0) is 6.54 Å². The smallest absolute Gasteiger partial charge is 0.121 e. The van der Waals surface area contributed by atoms with Gasteiger partial charge in [-0.25, -0.2) is 0 Å². The number of aryl methyl sites for hydroxylation is 1. The average Bonchev–Trinajstić information content (AvgIpc) is 2.41. The van der Waals surface area contributed by atoms with Gasteiger partial charge in [0.25, 0.3) is 0 Å². The molecule has 100 valence electrons. The second-order valence-electron chi connectivity index (χ2n) is 4.28. The molecule has 0 radical (unpaired) electrons. The van der Waals surface area contributed by atoms with Crippen molar-refractivity contribution in [2.24, 2.45) is 0 Å². The highest BCUT2D eigenvalue weighted by molar-refractivity contribution is 9.10. The van der Waals surface area contributed by atoms with Crippen LogP contribution in [0.3, 0.4) is 0 Å². The molecule has 0 aromatic heterocycles. The maximum Gasteiger partial charge on any atom is 0.121 e. The Morgan fingerprint density at radius 1 is 1.21 bits per heavy atom. The Morgan fingerprint density at radius 2 is 2.00 bits per heavy atom. The van der Waals surface area contributed by atoms with Gasteiger partial charge < -0.3 is 10.1 Å². The number of ether oxygens (including phenoxy) is 1. The van der Waals surface area contributed by atoms with Gasteiger partial charge in [0.15, 0.2) is 0 Å². The Balaban J connectivity index is 2.11. The molecule has 2 aromatic carbocycles. The number of nitrogens with one attached hydrogen (secondary N) is 1. The third-order valence-electron chi connectivity index (χ3n) is 2.88. The summed E-state index contributed by atoms with van der Waals surface area (Å²) in [6.07, 6.45) is 0. The number of benzene rings is 2. The highest BCUT2D eigenvalue weighted by atomic mass is 79.9. The minimum absolute atomic E-state index is 0.689. The van der Waals surface area contributed by atoms with Crippen molar-refractivity contribution in [3.63, 3.8) is 0 Å². The van der Waals surface area contributed by atoms with E-state index in [0.29, 0.717) is 5.02 Å². The van der Waals surface area contributed by atoms with Crippen molar-refractivity contribution in [1.82, 2.24) is 0 Å². The number of anilines is 1. The molecule has 0 bridgehead atoms. The maximum atomic E-state index is 6.15. The van der Waals surface area contributed by atoms with Crippen LogP contribution >= 0.6 is 27.5 Å². The molecule has 19 heavy (non-hydrogen) atoms. The lowest BCUT2D eigenvalue weighted by Crippen LogP contribution is -2.00. The monoisotopic (exact) mass is 339 g/mol. The van der Waals surface area contributed by atoms with Crippen molar-refractivity contribution < 1.29 is 4.74 Å². The molecular formula is C15H15BrClNO. The van der Waals surface area contributed by atoms with Gasteiger partial charge in [-0.3, -0.25) is 0 Å². The van der Waals surface area contributed by atoms with E-state index in [1.807, 2.05) is 18.2 Å². The molecule has 0 fully saturated rings. The predicted molar refractivity (Wildman–Crippen MR) is 84.2 cm³/mol. The van der Waals surface area contributed by atoms with Crippen LogP contribution in [0, 0.1) is 6.92 Å². The predicted octanol–water partition coefficient (Wildman–Crippen LogP) is 5.03. The van der Waals surface area contributed by atoms with Gasteiger partial charge in [0.1, 0.15) is 5.75 Å². The third kappa shape index (κ3) is 3.64. The molecule has 0 saturated carbocycles. The number of hydrogen-bond donors (Lipinski definition) is 1. The first-order valence-corrected chi connectivity index (χ1v) is 7.09. The lowest BCUT2D eigenvalue weighted by Gasteiger charge is -2.11. The normalized spacial score (nSPS) is 10.3. The summed E-state index contributed by atoms with van der Waals surface area (Å²) in [4.78, 5) is 0. The van der Waals surface area contributed by atoms with Gasteiger partial charge in [-0.2, -0.15) is 0 Å². The van der Waals surface area contributed by atoms with Crippen LogP contribution in [0.1, 0.15) is 11.1 Å². The summed E-state index contributed by atoms with van der Waals surface area (Å²) >= 11 is 9.65. The molecule has 0 aliphatic rings. The van der Waals surface area contributed by atoms with Gasteiger partial charge in [-0.1, -0.05) is 39.7 Å². The quantitative estimate of drug-likeness (QED) is 0.842. The lowest BCUT2D eigenvalue weighted by molar-refractivity contribution is 0.415. The molecular weight excluding hydrogens is 326 g/mol. The Labute approximate surface area is 126 Å². The van der Waals surface area contributed by atoms with E-state index in [1.165, 1.54) is 11.1 Å². The Bertz CT molecular complexity index is 586. The number of rotatable bonds is 4. The molecule has 0 atom stereocenters. The molecule has 2 aromatic rings. The van der Waals surface area contributed by atoms with Crippen LogP contribution in [0.15, 0.2) is 40.9 Å². The molecule has 2 rings (SSSR count). The fourth-order valence-corrected chi connectivity index (χ4v) is 2.21. The van der Waals surface area contributed by atoms with Gasteiger partial charge in [-0.15, -0.1) is 0 Å². The molecule has 0 aliphatic heterocycles. The Kier molecular flexibility index (Phi) is 4.72. The minimum atomic E-state index is 0.689. The average molecular weight is 341 g/mol. The molecule has 2 nitrogen and oxygen atoms in total. The van der Waals surface area contributed by atoms with Crippen molar-refractivity contribution in [2.45, 2.75) is 13.5 Å². The van der Waals surface area contributed by atoms with E-state index in [2.05, 4.69) is 46.4 Å². The molecule has 0 amide bonds. The molecule has 1 N–H and O–H groups in total. The van der Waals surface area contributed by atoms with E-state index in [9.17, 15) is 0 Å². The van der Waals surface area contributed by atoms with Crippen LogP contribution in [0.4, 0.5) is 5.69 Å². The van der Waals surface area contributed by atoms with Crippen LogP contribution in [-0.4, -0.2) is 7.11 Å². The van der Waals surface area contributed by atoms with Crippen LogP contribution in [0.5, 0.6) is 5.75 Å². The summed E-state index contributed by atoms with van der Waals surface area (Å²) in [7, 11) is 1.64. The summed E-state index contributed by atoms with van der Waals surface area (Å²) in [5.41, 5.74) is 3.30. The molecule has 0 heterocycles. The summed E-state index contributed by atoms with van der Waals surface area (Å²) in [5.74, 6) is 0.791. The second kappa shape index (κ2) is 6.31. The van der Waals surface area contributed by atoms with E-state index in [4.69, 9.17) is 16.3 Å². The molecule has 4 heteroatoms. The number of halogens is 2.